The fourth-order valence-corrected chi connectivity index (χ4v) is 5.92. The zero-order valence-corrected chi connectivity index (χ0v) is 16.1. The molecule has 21 heavy (non-hydrogen) atoms. The molecule has 0 aliphatic carbocycles. The van der Waals surface area contributed by atoms with Gasteiger partial charge in [0.2, 0.25) is 0 Å². The van der Waals surface area contributed by atoms with E-state index >= 15 is 0 Å². The van der Waals surface area contributed by atoms with E-state index in [9.17, 15) is 8.42 Å². The minimum absolute atomic E-state index is 0.280. The highest BCUT2D eigenvalue weighted by Crippen LogP contribution is 2.31. The Bertz CT molecular complexity index is 744. The van der Waals surface area contributed by atoms with Gasteiger partial charge in [0, 0.05) is 10.5 Å². The van der Waals surface area contributed by atoms with Gasteiger partial charge in [-0.2, -0.15) is 0 Å². The first kappa shape index (κ1) is 17.0. The monoisotopic (exact) mass is 453 g/mol. The predicted octanol–water partition coefficient (Wildman–Crippen LogP) is 4.32. The van der Waals surface area contributed by atoms with Crippen molar-refractivity contribution in [3.63, 3.8) is 0 Å². The van der Waals surface area contributed by atoms with E-state index in [-0.39, 0.29) is 10.3 Å². The number of thiophene rings is 1. The maximum Gasteiger partial charge on any atom is 0.251 e. The molecule has 2 rings (SSSR count). The van der Waals surface area contributed by atoms with E-state index in [4.69, 9.17) is 4.74 Å². The van der Waals surface area contributed by atoms with Crippen LogP contribution in [0.2, 0.25) is 0 Å². The first-order valence-electron chi connectivity index (χ1n) is 5.94. The zero-order valence-electron chi connectivity index (χ0n) is 11.3. The van der Waals surface area contributed by atoms with E-state index in [2.05, 4.69) is 36.6 Å². The average molecular weight is 455 g/mol. The van der Waals surface area contributed by atoms with E-state index in [1.807, 2.05) is 12.1 Å². The molecule has 0 aliphatic heterocycles. The van der Waals surface area contributed by atoms with Gasteiger partial charge in [-0.3, -0.25) is 0 Å². The topological polar surface area (TPSA) is 55.4 Å². The van der Waals surface area contributed by atoms with Crippen LogP contribution in [0.3, 0.4) is 0 Å². The summed E-state index contributed by atoms with van der Waals surface area (Å²) < 4.78 is 34.1. The number of hydrogen-bond donors (Lipinski definition) is 1. The summed E-state index contributed by atoms with van der Waals surface area (Å²) in [7, 11) is -1.96. The Hall–Kier alpha value is -0.410. The number of nitrogens with one attached hydrogen (secondary N) is 1. The highest BCUT2D eigenvalue weighted by molar-refractivity contribution is 9.10. The molecule has 4 nitrogen and oxygen atoms in total. The average Bonchev–Trinajstić information content (AvgIpc) is 2.85. The number of sulfonamides is 1. The van der Waals surface area contributed by atoms with E-state index in [0.717, 1.165) is 10.0 Å². The molecule has 1 aromatic heterocycles. The van der Waals surface area contributed by atoms with Gasteiger partial charge in [-0.15, -0.1) is 11.3 Å². The smallest absolute Gasteiger partial charge is 0.251 e. The lowest BCUT2D eigenvalue weighted by Crippen LogP contribution is -2.26. The van der Waals surface area contributed by atoms with Crippen LogP contribution in [0, 0.1) is 0 Å². The van der Waals surface area contributed by atoms with Gasteiger partial charge in [-0.05, 0) is 67.9 Å². The molecule has 0 saturated heterocycles. The molecule has 2 aromatic rings. The molecule has 1 atom stereocenters. The van der Waals surface area contributed by atoms with Crippen LogP contribution in [-0.2, 0) is 10.0 Å². The largest absolute Gasteiger partial charge is 0.496 e. The highest BCUT2D eigenvalue weighted by Gasteiger charge is 2.22. The van der Waals surface area contributed by atoms with Crippen molar-refractivity contribution in [2.24, 2.45) is 0 Å². The summed E-state index contributed by atoms with van der Waals surface area (Å²) in [5.41, 5.74) is 0.846. The highest BCUT2D eigenvalue weighted by atomic mass is 79.9. The van der Waals surface area contributed by atoms with Crippen LogP contribution in [0.5, 0.6) is 5.75 Å². The summed E-state index contributed by atoms with van der Waals surface area (Å²) in [4.78, 5) is 0. The molecular formula is C13H13Br2NO3S2. The Morgan fingerprint density at radius 3 is 2.48 bits per heavy atom. The fraction of sp³-hybridized carbons (Fsp3) is 0.231. The van der Waals surface area contributed by atoms with Gasteiger partial charge in [-0.1, -0.05) is 6.07 Å². The van der Waals surface area contributed by atoms with Crippen LogP contribution in [0.15, 0.2) is 42.8 Å². The lowest BCUT2D eigenvalue weighted by molar-refractivity contribution is 0.412. The minimum Gasteiger partial charge on any atom is -0.496 e. The first-order valence-corrected chi connectivity index (χ1v) is 9.89. The van der Waals surface area contributed by atoms with Crippen LogP contribution in [0.4, 0.5) is 0 Å². The van der Waals surface area contributed by atoms with Crippen LogP contribution in [0.1, 0.15) is 18.5 Å². The summed E-state index contributed by atoms with van der Waals surface area (Å²) in [5, 5.41) is 1.73. The SMILES string of the molecule is COc1ccc(C(C)NS(=O)(=O)c2sccc2Br)cc1Br. The number of rotatable bonds is 5. The van der Waals surface area contributed by atoms with Crippen LogP contribution < -0.4 is 9.46 Å². The summed E-state index contributed by atoms with van der Waals surface area (Å²) in [6, 6.07) is 6.83. The maximum absolute atomic E-state index is 12.3. The molecular weight excluding hydrogens is 442 g/mol. The second-order valence-electron chi connectivity index (χ2n) is 4.29. The summed E-state index contributed by atoms with van der Waals surface area (Å²) in [5.74, 6) is 0.704. The molecule has 0 saturated carbocycles. The molecule has 1 unspecified atom stereocenters. The van der Waals surface area contributed by atoms with E-state index < -0.39 is 10.0 Å². The van der Waals surface area contributed by atoms with Gasteiger partial charge >= 0.3 is 0 Å². The van der Waals surface area contributed by atoms with Crippen molar-refractivity contribution in [1.82, 2.24) is 4.72 Å². The summed E-state index contributed by atoms with van der Waals surface area (Å²) in [6.07, 6.45) is 0. The van der Waals surface area contributed by atoms with Gasteiger partial charge in [0.15, 0.2) is 0 Å². The minimum atomic E-state index is -3.55. The first-order chi connectivity index (χ1) is 9.85. The van der Waals surface area contributed by atoms with Gasteiger partial charge in [0.25, 0.3) is 10.0 Å². The third kappa shape index (κ3) is 3.87. The van der Waals surface area contributed by atoms with E-state index in [0.29, 0.717) is 10.2 Å². The number of benzene rings is 1. The zero-order chi connectivity index (χ0) is 15.6. The second kappa shape index (κ2) is 6.78. The third-order valence-corrected chi connectivity index (χ3v) is 7.67. The van der Waals surface area contributed by atoms with Crippen molar-refractivity contribution in [2.45, 2.75) is 17.2 Å². The van der Waals surface area contributed by atoms with Crippen LogP contribution in [-0.4, -0.2) is 15.5 Å². The molecule has 8 heteroatoms. The Balaban J connectivity index is 2.24. The van der Waals surface area contributed by atoms with Crippen molar-refractivity contribution in [3.8, 4) is 5.75 Å². The van der Waals surface area contributed by atoms with Crippen molar-refractivity contribution in [3.05, 3.63) is 44.2 Å². The number of methoxy groups -OCH3 is 1. The predicted molar refractivity (Wildman–Crippen MR) is 91.4 cm³/mol. The Morgan fingerprint density at radius 2 is 1.95 bits per heavy atom. The Morgan fingerprint density at radius 1 is 1.24 bits per heavy atom. The molecule has 0 aliphatic rings. The molecule has 0 amide bonds. The van der Waals surface area contributed by atoms with Gasteiger partial charge in [0.1, 0.15) is 9.96 Å². The Labute approximate surface area is 144 Å². The van der Waals surface area contributed by atoms with Crippen LogP contribution >= 0.6 is 43.2 Å². The molecule has 1 heterocycles. The summed E-state index contributed by atoms with van der Waals surface area (Å²) in [6.45, 7) is 1.80. The fourth-order valence-electron chi connectivity index (χ4n) is 1.78. The second-order valence-corrected chi connectivity index (χ2v) is 8.83. The summed E-state index contributed by atoms with van der Waals surface area (Å²) >= 11 is 7.82. The van der Waals surface area contributed by atoms with Crippen molar-refractivity contribution in [1.29, 1.82) is 0 Å². The van der Waals surface area contributed by atoms with Crippen LogP contribution in [0.25, 0.3) is 0 Å². The molecule has 0 bridgehead atoms. The van der Waals surface area contributed by atoms with Crippen molar-refractivity contribution < 1.29 is 13.2 Å². The van der Waals surface area contributed by atoms with Crippen molar-refractivity contribution >= 4 is 53.2 Å². The molecule has 0 fully saturated rings. The number of ether oxygens (including phenoxy) is 1. The van der Waals surface area contributed by atoms with E-state index in [1.54, 1.807) is 31.5 Å². The van der Waals surface area contributed by atoms with Crippen molar-refractivity contribution in [2.75, 3.05) is 7.11 Å². The van der Waals surface area contributed by atoms with E-state index in [1.165, 1.54) is 11.3 Å². The molecule has 0 radical (unpaired) electrons. The standard InChI is InChI=1S/C13H13Br2NO3S2/c1-8(9-3-4-12(19-2)11(15)7-9)16-21(17,18)13-10(14)5-6-20-13/h3-8,16H,1-2H3. The maximum atomic E-state index is 12.3. The number of halogens is 2. The molecule has 0 spiro atoms. The molecule has 1 N–H and O–H groups in total. The number of hydrogen-bond acceptors (Lipinski definition) is 4. The van der Waals surface area contributed by atoms with Gasteiger partial charge in [-0.25, -0.2) is 13.1 Å². The molecule has 114 valence electrons. The Kier molecular flexibility index (Phi) is 5.48. The van der Waals surface area contributed by atoms with Gasteiger partial charge in [0.05, 0.1) is 11.6 Å². The quantitative estimate of drug-likeness (QED) is 0.731. The van der Waals surface area contributed by atoms with Gasteiger partial charge < -0.3 is 4.74 Å². The lowest BCUT2D eigenvalue weighted by atomic mass is 10.1. The normalized spacial score (nSPS) is 13.1. The lowest BCUT2D eigenvalue weighted by Gasteiger charge is -2.15. The third-order valence-electron chi connectivity index (χ3n) is 2.84. The molecule has 1 aromatic carbocycles.